The van der Waals surface area contributed by atoms with Gasteiger partial charge in [0.2, 0.25) is 5.91 Å². The molecule has 0 aromatic heterocycles. The van der Waals surface area contributed by atoms with Crippen LogP contribution in [-0.2, 0) is 14.3 Å². The summed E-state index contributed by atoms with van der Waals surface area (Å²) in [5.41, 5.74) is 1.45. The van der Waals surface area contributed by atoms with Crippen LogP contribution in [0.25, 0.3) is 0 Å². The van der Waals surface area contributed by atoms with Crippen molar-refractivity contribution in [3.05, 3.63) is 48.0 Å². The van der Waals surface area contributed by atoms with Gasteiger partial charge in [-0.25, -0.2) is 4.79 Å². The molecule has 8 nitrogen and oxygen atoms in total. The van der Waals surface area contributed by atoms with Crippen molar-refractivity contribution in [3.63, 3.8) is 0 Å². The number of methoxy groups -OCH3 is 2. The second-order valence-corrected chi connectivity index (χ2v) is 6.39. The van der Waals surface area contributed by atoms with E-state index in [2.05, 4.69) is 5.32 Å². The van der Waals surface area contributed by atoms with Crippen LogP contribution in [-0.4, -0.2) is 45.2 Å². The van der Waals surface area contributed by atoms with E-state index in [4.69, 9.17) is 14.2 Å². The lowest BCUT2D eigenvalue weighted by molar-refractivity contribution is -0.119. The average Bonchev–Trinajstić information content (AvgIpc) is 3.17. The van der Waals surface area contributed by atoms with Crippen LogP contribution in [0, 0.1) is 0 Å². The Morgan fingerprint density at radius 1 is 1.07 bits per heavy atom. The van der Waals surface area contributed by atoms with Crippen molar-refractivity contribution in [1.29, 1.82) is 0 Å². The molecular formula is C21H22N2O6. The van der Waals surface area contributed by atoms with Gasteiger partial charge >= 0.3 is 5.97 Å². The maximum Gasteiger partial charge on any atom is 0.338 e. The summed E-state index contributed by atoms with van der Waals surface area (Å²) in [6.45, 7) is 0.224. The minimum Gasteiger partial charge on any atom is -0.497 e. The van der Waals surface area contributed by atoms with Crippen LogP contribution in [0.1, 0.15) is 23.2 Å². The molecule has 1 heterocycles. The molecule has 152 valence electrons. The Bertz CT molecular complexity index is 910. The van der Waals surface area contributed by atoms with Crippen molar-refractivity contribution in [2.24, 2.45) is 0 Å². The number of anilines is 2. The van der Waals surface area contributed by atoms with Gasteiger partial charge in [-0.15, -0.1) is 0 Å². The van der Waals surface area contributed by atoms with Crippen LogP contribution in [0.3, 0.4) is 0 Å². The second kappa shape index (κ2) is 9.09. The number of benzene rings is 2. The van der Waals surface area contributed by atoms with Gasteiger partial charge in [0.1, 0.15) is 11.5 Å². The standard InChI is InChI=1S/C21H22N2O6/c1-27-16-9-10-18(28-2)17(12-16)22-19(24)13-29-21(26)14-5-7-15(8-6-14)23-11-3-4-20(23)25/h5-10,12H,3-4,11,13H2,1-2H3,(H,22,24). The SMILES string of the molecule is COc1ccc(OC)c(NC(=O)COC(=O)c2ccc(N3CCCC3=O)cc2)c1. The number of hydrogen-bond donors (Lipinski definition) is 1. The molecular weight excluding hydrogens is 376 g/mol. The number of esters is 1. The van der Waals surface area contributed by atoms with Crippen molar-refractivity contribution in [2.45, 2.75) is 12.8 Å². The third kappa shape index (κ3) is 4.84. The minimum atomic E-state index is -0.628. The van der Waals surface area contributed by atoms with Crippen molar-refractivity contribution in [2.75, 3.05) is 37.6 Å². The molecule has 0 unspecified atom stereocenters. The van der Waals surface area contributed by atoms with Crippen molar-refractivity contribution in [3.8, 4) is 11.5 Å². The Morgan fingerprint density at radius 3 is 2.45 bits per heavy atom. The Hall–Kier alpha value is -3.55. The Kier molecular flexibility index (Phi) is 6.33. The van der Waals surface area contributed by atoms with Gasteiger partial charge in [0.05, 0.1) is 25.5 Å². The maximum absolute atomic E-state index is 12.2. The summed E-state index contributed by atoms with van der Waals surface area (Å²) >= 11 is 0. The first-order chi connectivity index (χ1) is 14.0. The van der Waals surface area contributed by atoms with Gasteiger partial charge in [0, 0.05) is 24.7 Å². The number of carbonyl (C=O) groups excluding carboxylic acids is 3. The van der Waals surface area contributed by atoms with E-state index in [1.54, 1.807) is 47.4 Å². The lowest BCUT2D eigenvalue weighted by Crippen LogP contribution is -2.23. The Balaban J connectivity index is 1.56. The van der Waals surface area contributed by atoms with E-state index in [1.165, 1.54) is 14.2 Å². The lowest BCUT2D eigenvalue weighted by Gasteiger charge is -2.15. The largest absolute Gasteiger partial charge is 0.497 e. The third-order valence-corrected chi connectivity index (χ3v) is 4.50. The van der Waals surface area contributed by atoms with Crippen LogP contribution in [0.5, 0.6) is 11.5 Å². The van der Waals surface area contributed by atoms with E-state index in [-0.39, 0.29) is 5.91 Å². The molecule has 0 spiro atoms. The molecule has 0 atom stereocenters. The lowest BCUT2D eigenvalue weighted by atomic mass is 10.2. The molecule has 2 aromatic rings. The molecule has 1 saturated heterocycles. The molecule has 1 fully saturated rings. The average molecular weight is 398 g/mol. The highest BCUT2D eigenvalue weighted by atomic mass is 16.5. The number of ether oxygens (including phenoxy) is 3. The first-order valence-corrected chi connectivity index (χ1v) is 9.11. The zero-order valence-corrected chi connectivity index (χ0v) is 16.3. The van der Waals surface area contributed by atoms with Crippen molar-refractivity contribution < 1.29 is 28.6 Å². The normalized spacial score (nSPS) is 13.2. The van der Waals surface area contributed by atoms with E-state index < -0.39 is 18.5 Å². The first kappa shape index (κ1) is 20.2. The van der Waals surface area contributed by atoms with Crippen molar-refractivity contribution >= 4 is 29.2 Å². The summed E-state index contributed by atoms with van der Waals surface area (Å²) in [6, 6.07) is 11.5. The molecule has 2 aromatic carbocycles. The van der Waals surface area contributed by atoms with Crippen molar-refractivity contribution in [1.82, 2.24) is 0 Å². The maximum atomic E-state index is 12.2. The predicted octanol–water partition coefficient (Wildman–Crippen LogP) is 2.63. The van der Waals surface area contributed by atoms with Gasteiger partial charge in [-0.2, -0.15) is 0 Å². The zero-order chi connectivity index (χ0) is 20.8. The fourth-order valence-electron chi connectivity index (χ4n) is 3.01. The Morgan fingerprint density at radius 2 is 1.83 bits per heavy atom. The zero-order valence-electron chi connectivity index (χ0n) is 16.3. The van der Waals surface area contributed by atoms with Gasteiger partial charge < -0.3 is 24.4 Å². The number of hydrogen-bond acceptors (Lipinski definition) is 6. The highest BCUT2D eigenvalue weighted by Gasteiger charge is 2.22. The predicted molar refractivity (Wildman–Crippen MR) is 106 cm³/mol. The molecule has 29 heavy (non-hydrogen) atoms. The van der Waals surface area contributed by atoms with Gasteiger partial charge in [0.25, 0.3) is 5.91 Å². The molecule has 8 heteroatoms. The number of nitrogens with one attached hydrogen (secondary N) is 1. The third-order valence-electron chi connectivity index (χ3n) is 4.50. The summed E-state index contributed by atoms with van der Waals surface area (Å²) < 4.78 is 15.4. The van der Waals surface area contributed by atoms with E-state index in [0.29, 0.717) is 35.7 Å². The number of carbonyl (C=O) groups is 3. The first-order valence-electron chi connectivity index (χ1n) is 9.11. The van der Waals surface area contributed by atoms with Gasteiger partial charge in [-0.05, 0) is 42.8 Å². The van der Waals surface area contributed by atoms with Gasteiger partial charge in [-0.3, -0.25) is 9.59 Å². The van der Waals surface area contributed by atoms with Crippen LogP contribution < -0.4 is 19.7 Å². The monoisotopic (exact) mass is 398 g/mol. The van der Waals surface area contributed by atoms with Gasteiger partial charge in [-0.1, -0.05) is 0 Å². The molecule has 2 amide bonds. The van der Waals surface area contributed by atoms with Crippen LogP contribution >= 0.6 is 0 Å². The number of amides is 2. The van der Waals surface area contributed by atoms with Crippen LogP contribution in [0.2, 0.25) is 0 Å². The van der Waals surface area contributed by atoms with E-state index in [9.17, 15) is 14.4 Å². The van der Waals surface area contributed by atoms with E-state index in [1.807, 2.05) is 0 Å². The molecule has 0 aliphatic carbocycles. The molecule has 0 saturated carbocycles. The summed E-state index contributed by atoms with van der Waals surface area (Å²) in [5, 5.41) is 2.63. The topological polar surface area (TPSA) is 94.2 Å². The molecule has 1 aliphatic heterocycles. The fraction of sp³-hybridized carbons (Fsp3) is 0.286. The Labute approximate surface area is 168 Å². The number of nitrogens with zero attached hydrogens (tertiary/aromatic N) is 1. The highest BCUT2D eigenvalue weighted by molar-refractivity contribution is 5.98. The summed E-state index contributed by atoms with van der Waals surface area (Å²) in [6.07, 6.45) is 1.37. The molecule has 0 radical (unpaired) electrons. The van der Waals surface area contributed by atoms with E-state index in [0.717, 1.165) is 12.1 Å². The van der Waals surface area contributed by atoms with Gasteiger partial charge in [0.15, 0.2) is 6.61 Å². The molecule has 0 bridgehead atoms. The van der Waals surface area contributed by atoms with Crippen LogP contribution in [0.4, 0.5) is 11.4 Å². The van der Waals surface area contributed by atoms with Crippen LogP contribution in [0.15, 0.2) is 42.5 Å². The van der Waals surface area contributed by atoms with E-state index >= 15 is 0 Å². The second-order valence-electron chi connectivity index (χ2n) is 6.39. The summed E-state index contributed by atoms with van der Waals surface area (Å²) in [5.74, 6) is -0.0570. The minimum absolute atomic E-state index is 0.0740. The summed E-state index contributed by atoms with van der Waals surface area (Å²) in [7, 11) is 3.00. The summed E-state index contributed by atoms with van der Waals surface area (Å²) in [4.78, 5) is 37.8. The quantitative estimate of drug-likeness (QED) is 0.721. The highest BCUT2D eigenvalue weighted by Crippen LogP contribution is 2.28. The molecule has 1 N–H and O–H groups in total. The smallest absolute Gasteiger partial charge is 0.338 e. The number of rotatable bonds is 7. The molecule has 3 rings (SSSR count). The molecule has 1 aliphatic rings. The fourth-order valence-corrected chi connectivity index (χ4v) is 3.01.